The molecule has 1 amide bonds. The maximum Gasteiger partial charge on any atom is 0.266 e. The molecule has 0 bridgehead atoms. The first-order valence-electron chi connectivity index (χ1n) is 13.4. The van der Waals surface area contributed by atoms with Crippen LogP contribution in [0.5, 0.6) is 5.75 Å². The highest BCUT2D eigenvalue weighted by molar-refractivity contribution is 8.26. The summed E-state index contributed by atoms with van der Waals surface area (Å²) in [6.07, 6.45) is 8.10. The van der Waals surface area contributed by atoms with Crippen molar-refractivity contribution in [2.45, 2.75) is 39.2 Å². The molecule has 5 nitrogen and oxygen atoms in total. The van der Waals surface area contributed by atoms with Crippen LogP contribution in [-0.4, -0.2) is 31.5 Å². The molecule has 204 valence electrons. The Kier molecular flexibility index (Phi) is 9.08. The third-order valence-electron chi connectivity index (χ3n) is 6.62. The van der Waals surface area contributed by atoms with Crippen LogP contribution in [0, 0.1) is 5.82 Å². The number of para-hydroxylation sites is 1. The Morgan fingerprint density at radius 2 is 1.80 bits per heavy atom. The van der Waals surface area contributed by atoms with Crippen LogP contribution in [0.2, 0.25) is 0 Å². The predicted octanol–water partition coefficient (Wildman–Crippen LogP) is 8.04. The molecule has 1 aliphatic rings. The van der Waals surface area contributed by atoms with E-state index in [4.69, 9.17) is 22.1 Å². The Hall–Kier alpha value is -3.75. The van der Waals surface area contributed by atoms with Gasteiger partial charge in [-0.25, -0.2) is 9.07 Å². The van der Waals surface area contributed by atoms with Gasteiger partial charge in [-0.3, -0.25) is 9.69 Å². The number of thiocarbonyl (C=S) groups is 1. The summed E-state index contributed by atoms with van der Waals surface area (Å²) in [6.45, 7) is 2.92. The lowest BCUT2D eigenvalue weighted by atomic mass is 10.1. The second-order valence-electron chi connectivity index (χ2n) is 9.52. The van der Waals surface area contributed by atoms with E-state index in [2.05, 4.69) is 6.92 Å². The Morgan fingerprint density at radius 3 is 2.60 bits per heavy atom. The number of hydrogen-bond donors (Lipinski definition) is 0. The van der Waals surface area contributed by atoms with Crippen molar-refractivity contribution in [1.82, 2.24) is 14.7 Å². The van der Waals surface area contributed by atoms with Gasteiger partial charge in [-0.1, -0.05) is 98.7 Å². The molecule has 3 aromatic carbocycles. The second-order valence-corrected chi connectivity index (χ2v) is 11.2. The first-order chi connectivity index (χ1) is 19.5. The number of nitrogens with zero attached hydrogens (tertiary/aromatic N) is 3. The molecular formula is C32H30FN3O2S2. The average Bonchev–Trinajstić information content (AvgIpc) is 3.51. The summed E-state index contributed by atoms with van der Waals surface area (Å²) in [5.74, 6) is 0.233. The van der Waals surface area contributed by atoms with Crippen molar-refractivity contribution in [2.75, 3.05) is 6.54 Å². The molecule has 0 atom stereocenters. The maximum atomic E-state index is 14.1. The molecule has 0 spiro atoms. The molecule has 1 aliphatic heterocycles. The summed E-state index contributed by atoms with van der Waals surface area (Å²) in [6, 6.07) is 23.9. The van der Waals surface area contributed by atoms with Crippen LogP contribution < -0.4 is 4.74 Å². The zero-order valence-corrected chi connectivity index (χ0v) is 23.9. The molecule has 0 saturated carbocycles. The first kappa shape index (κ1) is 27.8. The molecule has 1 saturated heterocycles. The lowest BCUT2D eigenvalue weighted by molar-refractivity contribution is -0.122. The molecular weight excluding hydrogens is 542 g/mol. The number of amides is 1. The number of ether oxygens (including phenoxy) is 1. The van der Waals surface area contributed by atoms with Gasteiger partial charge in [0.2, 0.25) is 0 Å². The van der Waals surface area contributed by atoms with E-state index in [-0.39, 0.29) is 18.3 Å². The zero-order valence-electron chi connectivity index (χ0n) is 22.3. The minimum Gasteiger partial charge on any atom is -0.489 e. The summed E-state index contributed by atoms with van der Waals surface area (Å²) in [5.41, 5.74) is 3.70. The SMILES string of the molecule is CCCCCCN1C(=O)C(=Cc2cn(-c3ccccc3)nc2-c2cccc(OCc3ccccc3F)c2)SC1=S. The van der Waals surface area contributed by atoms with Gasteiger partial charge in [-0.05, 0) is 42.8 Å². The molecule has 4 aromatic rings. The molecule has 5 rings (SSSR count). The van der Waals surface area contributed by atoms with E-state index in [1.54, 1.807) is 27.8 Å². The highest BCUT2D eigenvalue weighted by atomic mass is 32.2. The largest absolute Gasteiger partial charge is 0.489 e. The molecule has 0 radical (unpaired) electrons. The van der Waals surface area contributed by atoms with E-state index >= 15 is 0 Å². The van der Waals surface area contributed by atoms with Gasteiger partial charge in [0.05, 0.1) is 10.6 Å². The molecule has 8 heteroatoms. The molecule has 2 heterocycles. The Labute approximate surface area is 243 Å². The fraction of sp³-hybridized carbons (Fsp3) is 0.219. The highest BCUT2D eigenvalue weighted by Crippen LogP contribution is 2.35. The number of thioether (sulfide) groups is 1. The van der Waals surface area contributed by atoms with E-state index in [0.29, 0.717) is 32.8 Å². The van der Waals surface area contributed by atoms with Crippen molar-refractivity contribution in [3.05, 3.63) is 107 Å². The smallest absolute Gasteiger partial charge is 0.266 e. The summed E-state index contributed by atoms with van der Waals surface area (Å²) >= 11 is 6.89. The van der Waals surface area contributed by atoms with Gasteiger partial charge in [0.1, 0.15) is 28.2 Å². The van der Waals surface area contributed by atoms with Crippen LogP contribution in [0.25, 0.3) is 23.0 Å². The molecule has 1 fully saturated rings. The number of halogens is 1. The fourth-order valence-corrected chi connectivity index (χ4v) is 5.77. The van der Waals surface area contributed by atoms with Crippen molar-refractivity contribution >= 4 is 40.3 Å². The zero-order chi connectivity index (χ0) is 27.9. The van der Waals surface area contributed by atoms with Crippen LogP contribution in [0.15, 0.2) is 90.0 Å². The number of unbranched alkanes of at least 4 members (excludes halogenated alkanes) is 3. The standard InChI is InChI=1S/C32H30FN3O2S2/c1-2-3-4-10-18-35-31(37)29(40-32(35)39)20-25-21-36(26-14-6-5-7-15-26)34-30(25)23-13-11-16-27(19-23)38-22-24-12-8-9-17-28(24)33/h5-9,11-17,19-21H,2-4,10,18,22H2,1H3. The van der Waals surface area contributed by atoms with Gasteiger partial charge in [0, 0.05) is 29.4 Å². The van der Waals surface area contributed by atoms with Crippen LogP contribution in [0.1, 0.15) is 43.7 Å². The van der Waals surface area contributed by atoms with Gasteiger partial charge in [0.15, 0.2) is 0 Å². The average molecular weight is 572 g/mol. The van der Waals surface area contributed by atoms with Gasteiger partial charge in [-0.15, -0.1) is 0 Å². The topological polar surface area (TPSA) is 47.4 Å². The van der Waals surface area contributed by atoms with Gasteiger partial charge in [0.25, 0.3) is 5.91 Å². The van der Waals surface area contributed by atoms with Crippen LogP contribution in [-0.2, 0) is 11.4 Å². The molecule has 0 N–H and O–H groups in total. The minimum atomic E-state index is -0.301. The molecule has 0 unspecified atom stereocenters. The third-order valence-corrected chi connectivity index (χ3v) is 8.00. The predicted molar refractivity (Wildman–Crippen MR) is 164 cm³/mol. The fourth-order valence-electron chi connectivity index (χ4n) is 4.47. The number of carbonyl (C=O) groups excluding carboxylic acids is 1. The van der Waals surface area contributed by atoms with Crippen molar-refractivity contribution in [2.24, 2.45) is 0 Å². The van der Waals surface area contributed by atoms with Gasteiger partial charge >= 0.3 is 0 Å². The van der Waals surface area contributed by atoms with Crippen molar-refractivity contribution in [1.29, 1.82) is 0 Å². The van der Waals surface area contributed by atoms with E-state index < -0.39 is 0 Å². The van der Waals surface area contributed by atoms with Crippen LogP contribution >= 0.6 is 24.0 Å². The summed E-state index contributed by atoms with van der Waals surface area (Å²) in [4.78, 5) is 15.6. The lowest BCUT2D eigenvalue weighted by Crippen LogP contribution is -2.29. The number of aromatic nitrogens is 2. The van der Waals surface area contributed by atoms with Crippen molar-refractivity contribution in [3.63, 3.8) is 0 Å². The van der Waals surface area contributed by atoms with Crippen LogP contribution in [0.4, 0.5) is 4.39 Å². The highest BCUT2D eigenvalue weighted by Gasteiger charge is 2.32. The Morgan fingerprint density at radius 1 is 1.00 bits per heavy atom. The van der Waals surface area contributed by atoms with E-state index in [1.165, 1.54) is 17.8 Å². The Balaban J connectivity index is 1.45. The monoisotopic (exact) mass is 571 g/mol. The number of hydrogen-bond acceptors (Lipinski definition) is 5. The summed E-state index contributed by atoms with van der Waals surface area (Å²) in [7, 11) is 0. The number of benzene rings is 3. The minimum absolute atomic E-state index is 0.0631. The van der Waals surface area contributed by atoms with Gasteiger partial charge in [-0.2, -0.15) is 5.10 Å². The Bertz CT molecular complexity index is 1530. The normalized spacial score (nSPS) is 14.3. The second kappa shape index (κ2) is 13.1. The number of carbonyl (C=O) groups is 1. The first-order valence-corrected chi connectivity index (χ1v) is 14.6. The van der Waals surface area contributed by atoms with E-state index in [1.807, 2.05) is 66.9 Å². The third kappa shape index (κ3) is 6.51. The summed E-state index contributed by atoms with van der Waals surface area (Å²) < 4.78 is 22.4. The van der Waals surface area contributed by atoms with Crippen LogP contribution in [0.3, 0.4) is 0 Å². The van der Waals surface area contributed by atoms with Crippen molar-refractivity contribution < 1.29 is 13.9 Å². The number of rotatable bonds is 11. The summed E-state index contributed by atoms with van der Waals surface area (Å²) in [5, 5.41) is 4.89. The maximum absolute atomic E-state index is 14.1. The van der Waals surface area contributed by atoms with Crippen molar-refractivity contribution in [3.8, 4) is 22.7 Å². The van der Waals surface area contributed by atoms with E-state index in [9.17, 15) is 9.18 Å². The lowest BCUT2D eigenvalue weighted by Gasteiger charge is -2.13. The molecule has 0 aliphatic carbocycles. The van der Waals surface area contributed by atoms with Gasteiger partial charge < -0.3 is 4.74 Å². The molecule has 40 heavy (non-hydrogen) atoms. The quantitative estimate of drug-likeness (QED) is 0.104. The van der Waals surface area contributed by atoms with E-state index in [0.717, 1.165) is 42.5 Å². The molecule has 1 aromatic heterocycles.